The summed E-state index contributed by atoms with van der Waals surface area (Å²) in [5, 5.41) is 5.31. The van der Waals surface area contributed by atoms with Crippen molar-refractivity contribution in [1.29, 1.82) is 0 Å². The molecule has 12 heteroatoms. The number of sulfonamides is 1. The zero-order valence-electron chi connectivity index (χ0n) is 17.3. The first kappa shape index (κ1) is 20.9. The Morgan fingerprint density at radius 1 is 1.16 bits per heavy atom. The second-order valence-electron chi connectivity index (χ2n) is 7.60. The third kappa shape index (κ3) is 3.86. The van der Waals surface area contributed by atoms with Gasteiger partial charge in [0, 0.05) is 44.4 Å². The van der Waals surface area contributed by atoms with Gasteiger partial charge in [-0.1, -0.05) is 35.6 Å². The van der Waals surface area contributed by atoms with Crippen molar-refractivity contribution in [1.82, 2.24) is 33.8 Å². The minimum atomic E-state index is -3.56. The van der Waals surface area contributed by atoms with Crippen molar-refractivity contribution >= 4 is 26.3 Å². The van der Waals surface area contributed by atoms with E-state index in [9.17, 15) is 13.2 Å². The monoisotopic (exact) mass is 471 g/mol. The molecule has 4 aromatic rings. The van der Waals surface area contributed by atoms with Crippen molar-refractivity contribution in [3.8, 4) is 10.6 Å². The molecular formula is C20H21N7O3S2. The van der Waals surface area contributed by atoms with E-state index >= 15 is 0 Å². The quantitative estimate of drug-likeness (QED) is 0.467. The van der Waals surface area contributed by atoms with Gasteiger partial charge in [-0.3, -0.25) is 9.69 Å². The number of fused-ring (bicyclic) bond motifs is 1. The van der Waals surface area contributed by atoms with Gasteiger partial charge in [-0.2, -0.15) is 13.9 Å². The lowest BCUT2D eigenvalue weighted by Gasteiger charge is -2.33. The highest BCUT2D eigenvalue weighted by Crippen LogP contribution is 2.27. The van der Waals surface area contributed by atoms with E-state index in [-0.39, 0.29) is 10.6 Å². The largest absolute Gasteiger partial charge is 0.335 e. The number of aromatic amines is 1. The van der Waals surface area contributed by atoms with E-state index in [4.69, 9.17) is 0 Å². The second-order valence-corrected chi connectivity index (χ2v) is 10.5. The lowest BCUT2D eigenvalue weighted by molar-refractivity contribution is 0.179. The van der Waals surface area contributed by atoms with Crippen molar-refractivity contribution < 1.29 is 8.42 Å². The van der Waals surface area contributed by atoms with Crippen molar-refractivity contribution in [3.05, 3.63) is 64.5 Å². The Morgan fingerprint density at radius 2 is 1.94 bits per heavy atom. The first-order chi connectivity index (χ1) is 15.4. The smallest absolute Gasteiger partial charge is 0.275 e. The van der Waals surface area contributed by atoms with Crippen LogP contribution in [0.2, 0.25) is 0 Å². The number of nitrogens with one attached hydrogen (secondary N) is 1. The molecule has 0 unspecified atom stereocenters. The van der Waals surface area contributed by atoms with Crippen molar-refractivity contribution in [2.24, 2.45) is 0 Å². The van der Waals surface area contributed by atoms with Gasteiger partial charge in [0.05, 0.1) is 18.2 Å². The molecule has 0 radical (unpaired) electrons. The molecule has 0 atom stereocenters. The van der Waals surface area contributed by atoms with E-state index in [0.29, 0.717) is 43.4 Å². The fourth-order valence-electron chi connectivity index (χ4n) is 3.74. The molecule has 32 heavy (non-hydrogen) atoms. The molecule has 0 bridgehead atoms. The number of hydrogen-bond donors (Lipinski definition) is 1. The van der Waals surface area contributed by atoms with Crippen LogP contribution >= 0.6 is 11.3 Å². The molecule has 10 nitrogen and oxygen atoms in total. The summed E-state index contributed by atoms with van der Waals surface area (Å²) in [6, 6.07) is 9.41. The molecule has 0 spiro atoms. The van der Waals surface area contributed by atoms with Crippen molar-refractivity contribution in [2.75, 3.05) is 26.2 Å². The average molecular weight is 472 g/mol. The van der Waals surface area contributed by atoms with Gasteiger partial charge < -0.3 is 4.98 Å². The molecule has 1 aromatic carbocycles. The van der Waals surface area contributed by atoms with Gasteiger partial charge >= 0.3 is 0 Å². The minimum absolute atomic E-state index is 0.0979. The summed E-state index contributed by atoms with van der Waals surface area (Å²) < 4.78 is 28.0. The van der Waals surface area contributed by atoms with E-state index in [2.05, 4.69) is 25.0 Å². The van der Waals surface area contributed by atoms with Crippen molar-refractivity contribution in [2.45, 2.75) is 18.5 Å². The van der Waals surface area contributed by atoms with Gasteiger partial charge in [0.1, 0.15) is 5.01 Å². The normalized spacial score (nSPS) is 16.0. The highest BCUT2D eigenvalue weighted by atomic mass is 32.2. The Bertz CT molecular complexity index is 1420. The van der Waals surface area contributed by atoms with Crippen LogP contribution < -0.4 is 5.56 Å². The maximum Gasteiger partial charge on any atom is 0.275 e. The van der Waals surface area contributed by atoms with E-state index in [1.807, 2.05) is 31.2 Å². The molecular weight excluding hydrogens is 450 g/mol. The van der Waals surface area contributed by atoms with Gasteiger partial charge in [-0.25, -0.2) is 18.4 Å². The maximum atomic E-state index is 12.6. The highest BCUT2D eigenvalue weighted by molar-refractivity contribution is 7.89. The molecule has 4 heterocycles. The summed E-state index contributed by atoms with van der Waals surface area (Å²) in [6.07, 6.45) is 2.67. The molecule has 5 rings (SSSR count). The van der Waals surface area contributed by atoms with Crippen LogP contribution in [0.4, 0.5) is 0 Å². The Balaban J connectivity index is 1.32. The zero-order chi connectivity index (χ0) is 22.3. The number of piperazine rings is 1. The summed E-state index contributed by atoms with van der Waals surface area (Å²) in [5.74, 6) is 0. The topological polar surface area (TPSA) is 117 Å². The highest BCUT2D eigenvalue weighted by Gasteiger charge is 2.29. The van der Waals surface area contributed by atoms with Gasteiger partial charge in [0.2, 0.25) is 4.96 Å². The number of H-pyrrole nitrogens is 1. The molecule has 3 aromatic heterocycles. The number of hydrogen-bond acceptors (Lipinski definition) is 8. The number of nitrogens with zero attached hydrogens (tertiary/aromatic N) is 6. The number of benzene rings is 1. The summed E-state index contributed by atoms with van der Waals surface area (Å²) in [6.45, 7) is 4.30. The number of imidazole rings is 1. The van der Waals surface area contributed by atoms with E-state index in [1.54, 1.807) is 0 Å². The Kier molecular flexibility index (Phi) is 5.37. The third-order valence-electron chi connectivity index (χ3n) is 5.48. The van der Waals surface area contributed by atoms with Crippen LogP contribution in [0.15, 0.2) is 52.7 Å². The van der Waals surface area contributed by atoms with Crippen LogP contribution in [-0.4, -0.2) is 68.4 Å². The van der Waals surface area contributed by atoms with Crippen LogP contribution in [0.25, 0.3) is 15.5 Å². The Labute approximate surface area is 188 Å². The van der Waals surface area contributed by atoms with E-state index in [0.717, 1.165) is 16.1 Å². The second kappa shape index (κ2) is 8.20. The predicted octanol–water partition coefficient (Wildman–Crippen LogP) is 1.36. The van der Waals surface area contributed by atoms with E-state index in [1.165, 1.54) is 38.7 Å². The average Bonchev–Trinajstić information content (AvgIpc) is 3.45. The number of rotatable bonds is 5. The Hall–Kier alpha value is -2.93. The maximum absolute atomic E-state index is 12.6. The van der Waals surface area contributed by atoms with Crippen LogP contribution in [-0.2, 0) is 16.6 Å². The molecule has 1 fully saturated rings. The number of aromatic nitrogens is 5. The summed E-state index contributed by atoms with van der Waals surface area (Å²) in [4.78, 5) is 26.4. The van der Waals surface area contributed by atoms with Crippen LogP contribution in [0.3, 0.4) is 0 Å². The zero-order valence-corrected chi connectivity index (χ0v) is 18.9. The van der Waals surface area contributed by atoms with Crippen LogP contribution in [0.1, 0.15) is 11.3 Å². The molecule has 1 aliphatic heterocycles. The summed E-state index contributed by atoms with van der Waals surface area (Å²) in [5.41, 5.74) is 2.50. The molecule has 1 N–H and O–H groups in total. The predicted molar refractivity (Wildman–Crippen MR) is 120 cm³/mol. The summed E-state index contributed by atoms with van der Waals surface area (Å²) in [7, 11) is -3.56. The van der Waals surface area contributed by atoms with Crippen LogP contribution in [0.5, 0.6) is 0 Å². The first-order valence-corrected chi connectivity index (χ1v) is 12.3. The fourth-order valence-corrected chi connectivity index (χ4v) is 6.07. The van der Waals surface area contributed by atoms with Gasteiger partial charge in [0.25, 0.3) is 15.6 Å². The molecule has 1 saturated heterocycles. The SMILES string of the molecule is Cc1ccccc1-c1nn2c(=O)cc(CN3CCN(S(=O)(=O)c4cnc[nH]4)CC3)nc2s1. The molecule has 0 saturated carbocycles. The molecule has 0 aliphatic carbocycles. The first-order valence-electron chi connectivity index (χ1n) is 10.1. The minimum Gasteiger partial charge on any atom is -0.335 e. The van der Waals surface area contributed by atoms with Gasteiger partial charge in [-0.05, 0) is 12.5 Å². The number of aryl methyl sites for hydroxylation is 1. The fraction of sp³-hybridized carbons (Fsp3) is 0.300. The molecule has 1 aliphatic rings. The summed E-state index contributed by atoms with van der Waals surface area (Å²) >= 11 is 1.38. The van der Waals surface area contributed by atoms with E-state index < -0.39 is 10.0 Å². The lowest BCUT2D eigenvalue weighted by atomic mass is 10.1. The standard InChI is InChI=1S/C20H21N7O3S2/c1-14-4-2-3-5-16(14)19-24-27-18(28)10-15(23-20(27)31-19)12-25-6-8-26(9-7-25)32(29,30)17-11-21-13-22-17/h2-5,10-11,13H,6-9,12H2,1H3,(H,21,22). The van der Waals surface area contributed by atoms with Gasteiger partial charge in [0.15, 0.2) is 5.03 Å². The molecule has 166 valence electrons. The van der Waals surface area contributed by atoms with Crippen LogP contribution in [0, 0.1) is 6.92 Å². The lowest BCUT2D eigenvalue weighted by Crippen LogP contribution is -2.48. The third-order valence-corrected chi connectivity index (χ3v) is 8.25. The Morgan fingerprint density at radius 3 is 2.66 bits per heavy atom. The van der Waals surface area contributed by atoms with Crippen molar-refractivity contribution in [3.63, 3.8) is 0 Å². The molecule has 0 amide bonds. The van der Waals surface area contributed by atoms with Gasteiger partial charge in [-0.15, -0.1) is 0 Å².